The first kappa shape index (κ1) is 14.3. The number of amides is 1. The Hall–Kier alpha value is -0.710. The molecule has 5 heteroatoms. The lowest BCUT2D eigenvalue weighted by Gasteiger charge is -2.22. The number of alkyl carbamates (subject to hydrolysis) is 1. The normalized spacial score (nSPS) is 13.1. The summed E-state index contributed by atoms with van der Waals surface area (Å²) < 4.78 is 5.09. The molecule has 0 aromatic carbocycles. The van der Waals surface area contributed by atoms with Crippen molar-refractivity contribution in [3.05, 3.63) is 0 Å². The van der Waals surface area contributed by atoms with Crippen LogP contribution in [0.15, 0.2) is 0 Å². The van der Waals surface area contributed by atoms with Gasteiger partial charge in [0.1, 0.15) is 5.60 Å². The molecule has 0 saturated heterocycles. The van der Waals surface area contributed by atoms with E-state index in [2.05, 4.69) is 5.32 Å². The van der Waals surface area contributed by atoms with E-state index in [9.17, 15) is 9.59 Å². The van der Waals surface area contributed by atoms with Gasteiger partial charge in [0, 0.05) is 6.42 Å². The number of hydrogen-bond donors (Lipinski definition) is 1. The number of carbonyl (C=O) groups is 1. The lowest BCUT2D eigenvalue weighted by molar-refractivity contribution is 0.0521. The van der Waals surface area contributed by atoms with E-state index in [4.69, 9.17) is 4.74 Å². The topological polar surface area (TPSA) is 55.4 Å². The van der Waals surface area contributed by atoms with E-state index in [-0.39, 0.29) is 5.37 Å². The first-order chi connectivity index (χ1) is 6.89. The van der Waals surface area contributed by atoms with E-state index in [0.29, 0.717) is 12.8 Å². The van der Waals surface area contributed by atoms with Crippen LogP contribution in [0.1, 0.15) is 33.6 Å². The minimum atomic E-state index is -0.496. The highest BCUT2D eigenvalue weighted by atomic mass is 32.2. The molecule has 1 N–H and O–H groups in total. The third kappa shape index (κ3) is 8.30. The summed E-state index contributed by atoms with van der Waals surface area (Å²) in [6.45, 7) is 5.42. The third-order valence-electron chi connectivity index (χ3n) is 1.47. The van der Waals surface area contributed by atoms with Crippen molar-refractivity contribution in [1.29, 1.82) is 0 Å². The summed E-state index contributed by atoms with van der Waals surface area (Å²) >= 11 is 1.47. The van der Waals surface area contributed by atoms with Gasteiger partial charge in [-0.05, 0) is 33.4 Å². The van der Waals surface area contributed by atoms with Crippen LogP contribution in [0.5, 0.6) is 0 Å². The van der Waals surface area contributed by atoms with Crippen molar-refractivity contribution in [3.8, 4) is 0 Å². The second kappa shape index (κ2) is 6.71. The number of ether oxygens (including phenoxy) is 1. The zero-order chi connectivity index (χ0) is 11.9. The maximum atomic E-state index is 11.3. The van der Waals surface area contributed by atoms with Crippen molar-refractivity contribution in [1.82, 2.24) is 5.32 Å². The summed E-state index contributed by atoms with van der Waals surface area (Å²) in [7, 11) is 0. The second-order valence-electron chi connectivity index (χ2n) is 4.05. The fourth-order valence-electron chi connectivity index (χ4n) is 0.878. The molecule has 87 valence electrons. The maximum absolute atomic E-state index is 11.3. The van der Waals surface area contributed by atoms with Crippen LogP contribution < -0.4 is 5.32 Å². The maximum Gasteiger partial charge on any atom is 0.408 e. The van der Waals surface area contributed by atoms with Gasteiger partial charge < -0.3 is 10.1 Å². The summed E-state index contributed by atoms with van der Waals surface area (Å²) in [5.74, 6) is 0. The first-order valence-corrected chi connectivity index (χ1v) is 6.05. The van der Waals surface area contributed by atoms with E-state index < -0.39 is 11.7 Å². The Bertz CT molecular complexity index is 213. The van der Waals surface area contributed by atoms with Crippen molar-refractivity contribution in [2.75, 3.05) is 6.26 Å². The molecule has 1 unspecified atom stereocenters. The van der Waals surface area contributed by atoms with Crippen LogP contribution in [0.3, 0.4) is 0 Å². The predicted octanol–water partition coefficient (Wildman–Crippen LogP) is 2.09. The van der Waals surface area contributed by atoms with Crippen LogP contribution in [0.4, 0.5) is 4.79 Å². The van der Waals surface area contributed by atoms with Gasteiger partial charge in [0.25, 0.3) is 0 Å². The van der Waals surface area contributed by atoms with E-state index in [0.717, 1.165) is 0 Å². The predicted molar refractivity (Wildman–Crippen MR) is 61.6 cm³/mol. The first-order valence-electron chi connectivity index (χ1n) is 4.76. The van der Waals surface area contributed by atoms with Crippen LogP contribution in [0, 0.1) is 0 Å². The molecule has 0 fully saturated rings. The zero-order valence-electron chi connectivity index (χ0n) is 9.62. The average Bonchev–Trinajstić information content (AvgIpc) is 2.09. The molecule has 0 aliphatic rings. The fraction of sp³-hybridized carbons (Fsp3) is 0.800. The highest BCUT2D eigenvalue weighted by molar-refractivity contribution is 7.99. The molecule has 1 radical (unpaired) electrons. The number of rotatable bonds is 5. The van der Waals surface area contributed by atoms with Crippen LogP contribution >= 0.6 is 11.8 Å². The molecule has 0 rings (SSSR count). The fourth-order valence-corrected chi connectivity index (χ4v) is 1.45. The minimum absolute atomic E-state index is 0.0960. The molecule has 0 aliphatic heterocycles. The lowest BCUT2D eigenvalue weighted by Crippen LogP contribution is -2.37. The van der Waals surface area contributed by atoms with Gasteiger partial charge in [-0.3, -0.25) is 4.79 Å². The van der Waals surface area contributed by atoms with Crippen LogP contribution in [0.2, 0.25) is 0 Å². The molecule has 0 aromatic rings. The summed E-state index contributed by atoms with van der Waals surface area (Å²) in [5, 5.41) is 2.58. The SMILES string of the molecule is CSC(CC[C]=O)NC(=O)OC(C)(C)C. The van der Waals surface area contributed by atoms with Gasteiger partial charge in [-0.15, -0.1) is 11.8 Å². The highest BCUT2D eigenvalue weighted by Gasteiger charge is 2.18. The van der Waals surface area contributed by atoms with Gasteiger partial charge in [0.2, 0.25) is 0 Å². The quantitative estimate of drug-likeness (QED) is 0.737. The van der Waals surface area contributed by atoms with Crippen molar-refractivity contribution < 1.29 is 14.3 Å². The van der Waals surface area contributed by atoms with Gasteiger partial charge in [-0.2, -0.15) is 0 Å². The number of thioether (sulfide) groups is 1. The van der Waals surface area contributed by atoms with Crippen molar-refractivity contribution in [3.63, 3.8) is 0 Å². The molecule has 0 saturated carbocycles. The molecular formula is C10H18NO3S. The largest absolute Gasteiger partial charge is 0.444 e. The van der Waals surface area contributed by atoms with Crippen LogP contribution in [0.25, 0.3) is 0 Å². The van der Waals surface area contributed by atoms with Crippen molar-refractivity contribution in [2.45, 2.75) is 44.6 Å². The Morgan fingerprint density at radius 1 is 1.53 bits per heavy atom. The van der Waals surface area contributed by atoms with Gasteiger partial charge in [0.15, 0.2) is 6.29 Å². The van der Waals surface area contributed by atoms with Crippen molar-refractivity contribution in [2.24, 2.45) is 0 Å². The third-order valence-corrected chi connectivity index (χ3v) is 2.39. The molecule has 0 aromatic heterocycles. The number of nitrogens with one attached hydrogen (secondary N) is 1. The zero-order valence-corrected chi connectivity index (χ0v) is 10.4. The molecule has 0 aliphatic carbocycles. The molecule has 4 nitrogen and oxygen atoms in total. The Kier molecular flexibility index (Phi) is 6.40. The molecule has 0 spiro atoms. The van der Waals surface area contributed by atoms with E-state index in [1.165, 1.54) is 11.8 Å². The van der Waals surface area contributed by atoms with Crippen LogP contribution in [-0.4, -0.2) is 29.6 Å². The van der Waals surface area contributed by atoms with Gasteiger partial charge in [-0.25, -0.2) is 4.79 Å². The van der Waals surface area contributed by atoms with Gasteiger partial charge in [-0.1, -0.05) is 0 Å². The van der Waals surface area contributed by atoms with Gasteiger partial charge in [0.05, 0.1) is 5.37 Å². The van der Waals surface area contributed by atoms with Crippen molar-refractivity contribution >= 4 is 24.1 Å². The molecule has 0 heterocycles. The summed E-state index contributed by atoms with van der Waals surface area (Å²) in [5.41, 5.74) is -0.496. The van der Waals surface area contributed by atoms with Crippen LogP contribution in [-0.2, 0) is 9.53 Å². The monoisotopic (exact) mass is 232 g/mol. The lowest BCUT2D eigenvalue weighted by atomic mass is 10.2. The average molecular weight is 232 g/mol. The Balaban J connectivity index is 3.95. The van der Waals surface area contributed by atoms with E-state index >= 15 is 0 Å². The smallest absolute Gasteiger partial charge is 0.408 e. The van der Waals surface area contributed by atoms with E-state index in [1.807, 2.05) is 6.26 Å². The van der Waals surface area contributed by atoms with E-state index in [1.54, 1.807) is 27.1 Å². The van der Waals surface area contributed by atoms with Gasteiger partial charge >= 0.3 is 6.09 Å². The number of carbonyl (C=O) groups excluding carboxylic acids is 2. The molecule has 15 heavy (non-hydrogen) atoms. The molecule has 1 amide bonds. The number of hydrogen-bond acceptors (Lipinski definition) is 4. The molecule has 1 atom stereocenters. The summed E-state index contributed by atoms with van der Waals surface area (Å²) in [4.78, 5) is 21.4. The summed E-state index contributed by atoms with van der Waals surface area (Å²) in [6, 6.07) is 0. The Morgan fingerprint density at radius 3 is 2.53 bits per heavy atom. The standard InChI is InChI=1S/C10H18NO3S/c1-10(2,3)14-9(13)11-8(15-4)6-5-7-12/h8H,5-6H2,1-4H3,(H,11,13). The Labute approximate surface area is 95.1 Å². The highest BCUT2D eigenvalue weighted by Crippen LogP contribution is 2.12. The Morgan fingerprint density at radius 2 is 2.13 bits per heavy atom. The molecular weight excluding hydrogens is 214 g/mol. The summed E-state index contributed by atoms with van der Waals surface area (Å²) in [6.07, 6.45) is 4.11. The molecule has 0 bridgehead atoms. The minimum Gasteiger partial charge on any atom is -0.444 e. The second-order valence-corrected chi connectivity index (χ2v) is 5.09.